The zero-order valence-corrected chi connectivity index (χ0v) is 11.0. The van der Waals surface area contributed by atoms with Gasteiger partial charge in [-0.1, -0.05) is 0 Å². The first-order valence-corrected chi connectivity index (χ1v) is 7.04. The highest BCUT2D eigenvalue weighted by Gasteiger charge is 2.08. The number of anilines is 1. The first-order valence-electron chi connectivity index (χ1n) is 5.55. The number of aliphatic hydroxyl groups excluding tert-OH is 1. The van der Waals surface area contributed by atoms with Gasteiger partial charge in [0.2, 0.25) is 5.91 Å². The number of carbonyl (C=O) groups is 1. The second-order valence-corrected chi connectivity index (χ2v) is 5.22. The fourth-order valence-electron chi connectivity index (χ4n) is 1.32. The lowest BCUT2D eigenvalue weighted by atomic mass is 10.3. The molecule has 0 aromatic heterocycles. The van der Waals surface area contributed by atoms with Crippen molar-refractivity contribution in [1.29, 1.82) is 0 Å². The van der Waals surface area contributed by atoms with E-state index in [1.807, 2.05) is 0 Å². The minimum atomic E-state index is -1.23. The van der Waals surface area contributed by atoms with Crippen molar-refractivity contribution in [1.82, 2.24) is 0 Å². The number of hydrogen-bond donors (Lipinski definition) is 2. The van der Waals surface area contributed by atoms with E-state index < -0.39 is 10.8 Å². The van der Waals surface area contributed by atoms with Gasteiger partial charge >= 0.3 is 0 Å². The van der Waals surface area contributed by atoms with Crippen LogP contribution in [0.5, 0.6) is 5.75 Å². The van der Waals surface area contributed by atoms with Gasteiger partial charge in [0.25, 0.3) is 0 Å². The molecule has 0 fully saturated rings. The van der Waals surface area contributed by atoms with Crippen LogP contribution in [0.15, 0.2) is 24.3 Å². The van der Waals surface area contributed by atoms with Crippen molar-refractivity contribution in [3.63, 3.8) is 0 Å². The minimum Gasteiger partial charge on any atom is -0.497 e. The summed E-state index contributed by atoms with van der Waals surface area (Å²) in [4.78, 5) is 11.5. The molecule has 1 aromatic rings. The second-order valence-electron chi connectivity index (χ2n) is 3.64. The molecule has 6 heteroatoms. The van der Waals surface area contributed by atoms with Gasteiger partial charge in [-0.15, -0.1) is 0 Å². The maximum absolute atomic E-state index is 11.5. The number of benzene rings is 1. The van der Waals surface area contributed by atoms with Crippen LogP contribution in [0.1, 0.15) is 6.42 Å². The summed E-state index contributed by atoms with van der Waals surface area (Å²) >= 11 is 0. The Morgan fingerprint density at radius 2 is 2.06 bits per heavy atom. The van der Waals surface area contributed by atoms with Crippen molar-refractivity contribution in [3.05, 3.63) is 24.3 Å². The summed E-state index contributed by atoms with van der Waals surface area (Å²) in [6, 6.07) is 6.90. The van der Waals surface area contributed by atoms with Gasteiger partial charge in [-0.05, 0) is 30.7 Å². The second kappa shape index (κ2) is 7.84. The Hall–Kier alpha value is -1.40. The predicted octanol–water partition coefficient (Wildman–Crippen LogP) is 0.765. The van der Waals surface area contributed by atoms with Crippen molar-refractivity contribution < 1.29 is 18.8 Å². The van der Waals surface area contributed by atoms with E-state index in [-0.39, 0.29) is 18.3 Å². The maximum Gasteiger partial charge on any atom is 0.236 e. The van der Waals surface area contributed by atoms with Gasteiger partial charge in [-0.3, -0.25) is 9.00 Å². The Morgan fingerprint density at radius 1 is 1.39 bits per heavy atom. The van der Waals surface area contributed by atoms with E-state index in [1.54, 1.807) is 31.4 Å². The number of amides is 1. The molecule has 0 spiro atoms. The lowest BCUT2D eigenvalue weighted by Crippen LogP contribution is -2.21. The monoisotopic (exact) mass is 271 g/mol. The third kappa shape index (κ3) is 5.29. The molecule has 1 rings (SSSR count). The van der Waals surface area contributed by atoms with Gasteiger partial charge < -0.3 is 15.2 Å². The van der Waals surface area contributed by atoms with Crippen LogP contribution in [0.25, 0.3) is 0 Å². The van der Waals surface area contributed by atoms with Crippen molar-refractivity contribution in [2.45, 2.75) is 6.42 Å². The van der Waals surface area contributed by atoms with E-state index in [9.17, 15) is 9.00 Å². The molecule has 0 radical (unpaired) electrons. The molecule has 0 aliphatic rings. The van der Waals surface area contributed by atoms with Crippen molar-refractivity contribution >= 4 is 22.4 Å². The molecule has 18 heavy (non-hydrogen) atoms. The topological polar surface area (TPSA) is 75.6 Å². The van der Waals surface area contributed by atoms with Crippen LogP contribution in [-0.4, -0.2) is 40.4 Å². The van der Waals surface area contributed by atoms with E-state index in [1.165, 1.54) is 0 Å². The fraction of sp³-hybridized carbons (Fsp3) is 0.417. The Kier molecular flexibility index (Phi) is 6.38. The summed E-state index contributed by atoms with van der Waals surface area (Å²) in [5, 5.41) is 11.2. The van der Waals surface area contributed by atoms with Gasteiger partial charge in [-0.2, -0.15) is 0 Å². The molecular weight excluding hydrogens is 254 g/mol. The summed E-state index contributed by atoms with van der Waals surface area (Å²) in [5.41, 5.74) is 0.639. The van der Waals surface area contributed by atoms with E-state index in [0.29, 0.717) is 23.6 Å². The number of rotatable bonds is 7. The number of nitrogens with one attached hydrogen (secondary N) is 1. The van der Waals surface area contributed by atoms with Crippen LogP contribution < -0.4 is 10.1 Å². The molecule has 0 saturated carbocycles. The standard InChI is InChI=1S/C12H17NO4S/c1-17-11-5-3-10(4-6-11)13-12(15)9-18(16)8-2-7-14/h3-6,14H,2,7-9H2,1H3,(H,13,15). The predicted molar refractivity (Wildman–Crippen MR) is 71.2 cm³/mol. The number of ether oxygens (including phenoxy) is 1. The Labute approximate surface area is 109 Å². The van der Waals surface area contributed by atoms with Crippen LogP contribution in [0, 0.1) is 0 Å². The summed E-state index contributed by atoms with van der Waals surface area (Å²) < 4.78 is 16.4. The normalized spacial score (nSPS) is 11.9. The number of aliphatic hydroxyl groups is 1. The molecule has 1 atom stereocenters. The van der Waals surface area contributed by atoms with Crippen LogP contribution in [0.3, 0.4) is 0 Å². The number of hydrogen-bond acceptors (Lipinski definition) is 4. The van der Waals surface area contributed by atoms with Gasteiger partial charge in [0.05, 0.1) is 7.11 Å². The van der Waals surface area contributed by atoms with E-state index in [0.717, 1.165) is 0 Å². The van der Waals surface area contributed by atoms with Crippen LogP contribution >= 0.6 is 0 Å². The van der Waals surface area contributed by atoms with Gasteiger partial charge in [-0.25, -0.2) is 0 Å². The lowest BCUT2D eigenvalue weighted by molar-refractivity contribution is -0.113. The Morgan fingerprint density at radius 3 is 2.61 bits per heavy atom. The Bertz CT molecular complexity index is 405. The van der Waals surface area contributed by atoms with Crippen molar-refractivity contribution in [2.24, 2.45) is 0 Å². The lowest BCUT2D eigenvalue weighted by Gasteiger charge is -2.06. The highest BCUT2D eigenvalue weighted by molar-refractivity contribution is 7.85. The van der Waals surface area contributed by atoms with Gasteiger partial charge in [0.1, 0.15) is 11.5 Å². The molecule has 0 bridgehead atoms. The molecule has 0 saturated heterocycles. The quantitative estimate of drug-likeness (QED) is 0.768. The summed E-state index contributed by atoms with van der Waals surface area (Å²) in [6.07, 6.45) is 0.447. The van der Waals surface area contributed by atoms with Gasteiger partial charge in [0, 0.05) is 28.8 Å². The average molecular weight is 271 g/mol. The number of carbonyl (C=O) groups excluding carboxylic acids is 1. The molecule has 2 N–H and O–H groups in total. The van der Waals surface area contributed by atoms with E-state index >= 15 is 0 Å². The first kappa shape index (κ1) is 14.7. The average Bonchev–Trinajstić information content (AvgIpc) is 2.37. The summed E-state index contributed by atoms with van der Waals surface area (Å²) in [6.45, 7) is -0.00810. The molecule has 1 amide bonds. The highest BCUT2D eigenvalue weighted by atomic mass is 32.2. The first-order chi connectivity index (χ1) is 8.65. The van der Waals surface area contributed by atoms with E-state index in [4.69, 9.17) is 9.84 Å². The zero-order valence-electron chi connectivity index (χ0n) is 10.2. The SMILES string of the molecule is COc1ccc(NC(=O)CS(=O)CCCO)cc1. The zero-order chi connectivity index (χ0) is 13.4. The van der Waals surface area contributed by atoms with Gasteiger partial charge in [0.15, 0.2) is 0 Å². The van der Waals surface area contributed by atoms with Crippen LogP contribution in [-0.2, 0) is 15.6 Å². The van der Waals surface area contributed by atoms with Crippen molar-refractivity contribution in [3.8, 4) is 5.75 Å². The molecule has 0 aliphatic carbocycles. The molecule has 0 aliphatic heterocycles. The maximum atomic E-state index is 11.5. The van der Waals surface area contributed by atoms with Crippen LogP contribution in [0.4, 0.5) is 5.69 Å². The molecule has 1 aromatic carbocycles. The third-order valence-corrected chi connectivity index (χ3v) is 3.52. The number of methoxy groups -OCH3 is 1. The van der Waals surface area contributed by atoms with Crippen molar-refractivity contribution in [2.75, 3.05) is 30.5 Å². The molecule has 1 unspecified atom stereocenters. The minimum absolute atomic E-state index is 0.00810. The largest absolute Gasteiger partial charge is 0.497 e. The van der Waals surface area contributed by atoms with E-state index in [2.05, 4.69) is 5.32 Å². The smallest absolute Gasteiger partial charge is 0.236 e. The summed E-state index contributed by atoms with van der Waals surface area (Å²) in [5.74, 6) is 0.703. The molecule has 100 valence electrons. The fourth-order valence-corrected chi connectivity index (χ4v) is 2.28. The molecule has 0 heterocycles. The van der Waals surface area contributed by atoms with Crippen LogP contribution in [0.2, 0.25) is 0 Å². The third-order valence-electron chi connectivity index (χ3n) is 2.20. The highest BCUT2D eigenvalue weighted by Crippen LogP contribution is 2.14. The molecule has 5 nitrogen and oxygen atoms in total. The summed E-state index contributed by atoms with van der Waals surface area (Å²) in [7, 11) is 0.341. The molecular formula is C12H17NO4S. The Balaban J connectivity index is 2.41.